The largest absolute Gasteiger partial charge is 0.495 e. The van der Waals surface area contributed by atoms with Crippen molar-refractivity contribution in [3.8, 4) is 5.75 Å². The predicted molar refractivity (Wildman–Crippen MR) is 97.5 cm³/mol. The lowest BCUT2D eigenvalue weighted by atomic mass is 10.2. The van der Waals surface area contributed by atoms with E-state index in [1.54, 1.807) is 20.2 Å². The van der Waals surface area contributed by atoms with Crippen LogP contribution in [-0.2, 0) is 4.79 Å². The fraction of sp³-hybridized carbons (Fsp3) is 0.389. The molecule has 0 bridgehead atoms. The van der Waals surface area contributed by atoms with E-state index in [1.807, 2.05) is 36.1 Å². The van der Waals surface area contributed by atoms with Gasteiger partial charge in [-0.1, -0.05) is 6.07 Å². The molecule has 1 aromatic heterocycles. The summed E-state index contributed by atoms with van der Waals surface area (Å²) in [6, 6.07) is 7.81. The highest BCUT2D eigenvalue weighted by atomic mass is 16.5. The van der Waals surface area contributed by atoms with Crippen LogP contribution in [0.4, 0.5) is 17.5 Å². The monoisotopic (exact) mass is 341 g/mol. The minimum absolute atomic E-state index is 0.122. The van der Waals surface area contributed by atoms with E-state index in [0.29, 0.717) is 19.0 Å². The number of piperazine rings is 1. The van der Waals surface area contributed by atoms with Gasteiger partial charge in [-0.2, -0.15) is 4.98 Å². The van der Waals surface area contributed by atoms with Crippen molar-refractivity contribution in [2.24, 2.45) is 0 Å². The number of aromatic nitrogens is 2. The van der Waals surface area contributed by atoms with Crippen molar-refractivity contribution in [3.05, 3.63) is 36.0 Å². The summed E-state index contributed by atoms with van der Waals surface area (Å²) >= 11 is 0. The van der Waals surface area contributed by atoms with E-state index < -0.39 is 0 Å². The number of aryl methyl sites for hydroxylation is 1. The molecule has 1 aliphatic heterocycles. The minimum Gasteiger partial charge on any atom is -0.495 e. The minimum atomic E-state index is 0.122. The molecule has 0 radical (unpaired) electrons. The molecule has 0 spiro atoms. The maximum Gasteiger partial charge on any atom is 0.229 e. The Kier molecular flexibility index (Phi) is 5.02. The summed E-state index contributed by atoms with van der Waals surface area (Å²) in [5.74, 6) is 2.24. The molecule has 1 aliphatic rings. The fourth-order valence-electron chi connectivity index (χ4n) is 2.88. The molecule has 132 valence electrons. The number of carbonyl (C=O) groups is 1. The Morgan fingerprint density at radius 3 is 2.64 bits per heavy atom. The van der Waals surface area contributed by atoms with Crippen molar-refractivity contribution in [1.29, 1.82) is 0 Å². The van der Waals surface area contributed by atoms with Crippen LogP contribution in [0.2, 0.25) is 0 Å². The standard InChI is InChI=1S/C18H23N5O2/c1-13-4-5-16(25-3)15(12-13)20-18-19-7-6-17(21-18)23-10-8-22(9-11-23)14(2)24/h4-7,12H,8-11H2,1-3H3,(H,19,20,21). The number of hydrogen-bond acceptors (Lipinski definition) is 6. The van der Waals surface area contributed by atoms with Gasteiger partial charge in [0, 0.05) is 39.3 Å². The number of benzene rings is 1. The number of nitrogens with one attached hydrogen (secondary N) is 1. The summed E-state index contributed by atoms with van der Waals surface area (Å²) in [4.78, 5) is 24.4. The summed E-state index contributed by atoms with van der Waals surface area (Å²) in [6.07, 6.45) is 1.74. The molecule has 2 heterocycles. The van der Waals surface area contributed by atoms with Crippen LogP contribution in [0.5, 0.6) is 5.75 Å². The average Bonchev–Trinajstić information content (AvgIpc) is 2.62. The van der Waals surface area contributed by atoms with E-state index in [2.05, 4.69) is 20.2 Å². The summed E-state index contributed by atoms with van der Waals surface area (Å²) in [6.45, 7) is 6.60. The Balaban J connectivity index is 1.74. The average molecular weight is 341 g/mol. The second-order valence-electron chi connectivity index (χ2n) is 6.06. The van der Waals surface area contributed by atoms with Gasteiger partial charge in [-0.3, -0.25) is 4.79 Å². The van der Waals surface area contributed by atoms with Gasteiger partial charge in [-0.25, -0.2) is 4.98 Å². The molecule has 3 rings (SSSR count). The van der Waals surface area contributed by atoms with Gasteiger partial charge in [0.1, 0.15) is 11.6 Å². The topological polar surface area (TPSA) is 70.6 Å². The number of methoxy groups -OCH3 is 1. The maximum absolute atomic E-state index is 11.4. The second kappa shape index (κ2) is 7.38. The van der Waals surface area contributed by atoms with Crippen molar-refractivity contribution in [3.63, 3.8) is 0 Å². The van der Waals surface area contributed by atoms with Crippen LogP contribution in [0.1, 0.15) is 12.5 Å². The molecule has 0 saturated carbocycles. The van der Waals surface area contributed by atoms with E-state index >= 15 is 0 Å². The number of hydrogen-bond donors (Lipinski definition) is 1. The molecule has 1 amide bonds. The molecule has 0 atom stereocenters. The van der Waals surface area contributed by atoms with Crippen LogP contribution < -0.4 is 15.0 Å². The molecule has 2 aromatic rings. The van der Waals surface area contributed by atoms with E-state index in [1.165, 1.54) is 0 Å². The lowest BCUT2D eigenvalue weighted by Crippen LogP contribution is -2.48. The first-order chi connectivity index (χ1) is 12.1. The fourth-order valence-corrected chi connectivity index (χ4v) is 2.88. The molecule has 7 nitrogen and oxygen atoms in total. The third-order valence-corrected chi connectivity index (χ3v) is 4.29. The zero-order valence-electron chi connectivity index (χ0n) is 14.8. The van der Waals surface area contributed by atoms with Gasteiger partial charge in [-0.15, -0.1) is 0 Å². The van der Waals surface area contributed by atoms with Crippen LogP contribution >= 0.6 is 0 Å². The van der Waals surface area contributed by atoms with Gasteiger partial charge >= 0.3 is 0 Å². The Labute approximate surface area is 147 Å². The van der Waals surface area contributed by atoms with Crippen LogP contribution in [0, 0.1) is 6.92 Å². The van der Waals surface area contributed by atoms with E-state index in [4.69, 9.17) is 4.74 Å². The highest BCUT2D eigenvalue weighted by molar-refractivity contribution is 5.73. The van der Waals surface area contributed by atoms with Crippen molar-refractivity contribution >= 4 is 23.4 Å². The second-order valence-corrected chi connectivity index (χ2v) is 6.06. The molecule has 1 N–H and O–H groups in total. The molecular formula is C18H23N5O2. The van der Waals surface area contributed by atoms with E-state index in [-0.39, 0.29) is 5.91 Å². The van der Waals surface area contributed by atoms with Crippen LogP contribution in [0.15, 0.2) is 30.5 Å². The first kappa shape index (κ1) is 17.0. The first-order valence-corrected chi connectivity index (χ1v) is 8.32. The normalized spacial score (nSPS) is 14.4. The zero-order valence-corrected chi connectivity index (χ0v) is 14.8. The molecule has 0 aliphatic carbocycles. The number of ether oxygens (including phenoxy) is 1. The lowest BCUT2D eigenvalue weighted by Gasteiger charge is -2.34. The lowest BCUT2D eigenvalue weighted by molar-refractivity contribution is -0.129. The quantitative estimate of drug-likeness (QED) is 0.919. The highest BCUT2D eigenvalue weighted by Crippen LogP contribution is 2.28. The van der Waals surface area contributed by atoms with Crippen molar-refractivity contribution in [2.75, 3.05) is 43.5 Å². The summed E-state index contributed by atoms with van der Waals surface area (Å²) in [7, 11) is 1.64. The van der Waals surface area contributed by atoms with Crippen molar-refractivity contribution in [2.45, 2.75) is 13.8 Å². The predicted octanol–water partition coefficient (Wildman–Crippen LogP) is 2.21. The number of rotatable bonds is 4. The van der Waals surface area contributed by atoms with E-state index in [0.717, 1.165) is 35.9 Å². The molecular weight excluding hydrogens is 318 g/mol. The number of carbonyl (C=O) groups excluding carboxylic acids is 1. The zero-order chi connectivity index (χ0) is 17.8. The summed E-state index contributed by atoms with van der Waals surface area (Å²) in [5.41, 5.74) is 1.96. The van der Waals surface area contributed by atoms with Gasteiger partial charge in [0.25, 0.3) is 0 Å². The Morgan fingerprint density at radius 1 is 1.20 bits per heavy atom. The third-order valence-electron chi connectivity index (χ3n) is 4.29. The first-order valence-electron chi connectivity index (χ1n) is 8.32. The Morgan fingerprint density at radius 2 is 1.96 bits per heavy atom. The van der Waals surface area contributed by atoms with Crippen LogP contribution in [0.25, 0.3) is 0 Å². The van der Waals surface area contributed by atoms with E-state index in [9.17, 15) is 4.79 Å². The number of nitrogens with zero attached hydrogens (tertiary/aromatic N) is 4. The molecule has 25 heavy (non-hydrogen) atoms. The Hall–Kier alpha value is -2.83. The number of amides is 1. The smallest absolute Gasteiger partial charge is 0.229 e. The van der Waals surface area contributed by atoms with Crippen LogP contribution in [-0.4, -0.2) is 54.1 Å². The van der Waals surface area contributed by atoms with Crippen molar-refractivity contribution in [1.82, 2.24) is 14.9 Å². The van der Waals surface area contributed by atoms with Crippen LogP contribution in [0.3, 0.4) is 0 Å². The molecule has 1 fully saturated rings. The SMILES string of the molecule is COc1ccc(C)cc1Nc1nccc(N2CCN(C(C)=O)CC2)n1. The summed E-state index contributed by atoms with van der Waals surface area (Å²) < 4.78 is 5.39. The van der Waals surface area contributed by atoms with Gasteiger partial charge < -0.3 is 19.9 Å². The molecule has 0 unspecified atom stereocenters. The molecule has 7 heteroatoms. The summed E-state index contributed by atoms with van der Waals surface area (Å²) in [5, 5.41) is 3.23. The van der Waals surface area contributed by atoms with Gasteiger partial charge in [0.15, 0.2) is 0 Å². The molecule has 1 aromatic carbocycles. The third kappa shape index (κ3) is 3.99. The van der Waals surface area contributed by atoms with Gasteiger partial charge in [-0.05, 0) is 30.7 Å². The van der Waals surface area contributed by atoms with Gasteiger partial charge in [0.2, 0.25) is 11.9 Å². The number of anilines is 3. The Bertz CT molecular complexity index is 757. The maximum atomic E-state index is 11.4. The molecule has 1 saturated heterocycles. The highest BCUT2D eigenvalue weighted by Gasteiger charge is 2.20. The van der Waals surface area contributed by atoms with Gasteiger partial charge in [0.05, 0.1) is 12.8 Å². The van der Waals surface area contributed by atoms with Crippen molar-refractivity contribution < 1.29 is 9.53 Å².